The predicted octanol–water partition coefficient (Wildman–Crippen LogP) is 3.75. The summed E-state index contributed by atoms with van der Waals surface area (Å²) < 4.78 is 16.3. The highest BCUT2D eigenvalue weighted by molar-refractivity contribution is 6.30. The van der Waals surface area contributed by atoms with Crippen molar-refractivity contribution >= 4 is 17.5 Å². The van der Waals surface area contributed by atoms with Crippen LogP contribution in [0, 0.1) is 17.7 Å². The minimum Gasteiger partial charge on any atom is -0.349 e. The third-order valence-electron chi connectivity index (χ3n) is 4.58. The van der Waals surface area contributed by atoms with Crippen LogP contribution in [-0.2, 0) is 17.8 Å². The zero-order chi connectivity index (χ0) is 17.3. The van der Waals surface area contributed by atoms with Crippen LogP contribution in [0.4, 0.5) is 4.39 Å². The lowest BCUT2D eigenvalue weighted by Gasteiger charge is -2.28. The predicted molar refractivity (Wildman–Crippen MR) is 91.2 cm³/mol. The van der Waals surface area contributed by atoms with E-state index in [1.165, 1.54) is 6.07 Å². The summed E-state index contributed by atoms with van der Waals surface area (Å²) in [6.07, 6.45) is 5.08. The standard InChI is InChI=1S/C18H21ClFN3O/c1-11(2)17(14-4-3-13(19)10-15(14)20)22-18(24)12-5-7-23-8-6-21-16(23)9-12/h3-4,6,8,10-12,17H,5,7,9H2,1-2H3,(H,22,24)/t12-,17+/m0/s1. The molecule has 2 aromatic rings. The lowest BCUT2D eigenvalue weighted by Crippen LogP contribution is -2.39. The van der Waals surface area contributed by atoms with Crippen molar-refractivity contribution in [1.82, 2.24) is 14.9 Å². The average molecular weight is 350 g/mol. The van der Waals surface area contributed by atoms with Gasteiger partial charge >= 0.3 is 0 Å². The number of carbonyl (C=O) groups excluding carboxylic acids is 1. The second kappa shape index (κ2) is 6.93. The molecule has 0 radical (unpaired) electrons. The van der Waals surface area contributed by atoms with Crippen LogP contribution in [0.1, 0.15) is 37.7 Å². The summed E-state index contributed by atoms with van der Waals surface area (Å²) in [6.45, 7) is 4.72. The summed E-state index contributed by atoms with van der Waals surface area (Å²) in [7, 11) is 0. The van der Waals surface area contributed by atoms with Crippen molar-refractivity contribution in [2.45, 2.75) is 39.3 Å². The molecule has 2 heterocycles. The number of amides is 1. The van der Waals surface area contributed by atoms with Crippen LogP contribution in [0.5, 0.6) is 0 Å². The van der Waals surface area contributed by atoms with Crippen molar-refractivity contribution in [3.63, 3.8) is 0 Å². The van der Waals surface area contributed by atoms with Crippen molar-refractivity contribution in [2.75, 3.05) is 0 Å². The van der Waals surface area contributed by atoms with Crippen molar-refractivity contribution < 1.29 is 9.18 Å². The van der Waals surface area contributed by atoms with Gasteiger partial charge in [0.2, 0.25) is 5.91 Å². The monoisotopic (exact) mass is 349 g/mol. The Morgan fingerprint density at radius 1 is 1.46 bits per heavy atom. The second-order valence-corrected chi connectivity index (χ2v) is 7.06. The Morgan fingerprint density at radius 3 is 2.96 bits per heavy atom. The van der Waals surface area contributed by atoms with Gasteiger partial charge in [-0.3, -0.25) is 4.79 Å². The van der Waals surface area contributed by atoms with E-state index < -0.39 is 0 Å². The number of imidazole rings is 1. The second-order valence-electron chi connectivity index (χ2n) is 6.62. The first-order chi connectivity index (χ1) is 11.5. The molecular weight excluding hydrogens is 329 g/mol. The van der Waals surface area contributed by atoms with Crippen molar-refractivity contribution in [1.29, 1.82) is 0 Å². The largest absolute Gasteiger partial charge is 0.349 e. The molecule has 0 saturated carbocycles. The maximum Gasteiger partial charge on any atom is 0.224 e. The first-order valence-electron chi connectivity index (χ1n) is 8.21. The number of benzene rings is 1. The Bertz CT molecular complexity index is 744. The number of aryl methyl sites for hydroxylation is 1. The van der Waals surface area contributed by atoms with Crippen LogP contribution in [0.25, 0.3) is 0 Å². The topological polar surface area (TPSA) is 46.9 Å². The summed E-state index contributed by atoms with van der Waals surface area (Å²) in [5, 5.41) is 3.38. The Hall–Kier alpha value is -1.88. The highest BCUT2D eigenvalue weighted by Gasteiger charge is 2.29. The minimum absolute atomic E-state index is 0.0442. The van der Waals surface area contributed by atoms with Gasteiger partial charge in [0.05, 0.1) is 6.04 Å². The smallest absolute Gasteiger partial charge is 0.224 e. The number of aromatic nitrogens is 2. The van der Waals surface area contributed by atoms with E-state index in [0.29, 0.717) is 17.0 Å². The Morgan fingerprint density at radius 2 is 2.25 bits per heavy atom. The van der Waals surface area contributed by atoms with E-state index in [1.807, 2.05) is 20.0 Å². The number of hydrogen-bond acceptors (Lipinski definition) is 2. The fourth-order valence-corrected chi connectivity index (χ4v) is 3.36. The van der Waals surface area contributed by atoms with Crippen molar-refractivity contribution in [3.8, 4) is 0 Å². The van der Waals surface area contributed by atoms with E-state index in [4.69, 9.17) is 11.6 Å². The summed E-state index contributed by atoms with van der Waals surface area (Å²) in [5.74, 6) is 0.435. The molecule has 24 heavy (non-hydrogen) atoms. The molecule has 128 valence electrons. The lowest BCUT2D eigenvalue weighted by molar-refractivity contribution is -0.126. The fraction of sp³-hybridized carbons (Fsp3) is 0.444. The molecule has 3 rings (SSSR count). The molecule has 2 atom stereocenters. The zero-order valence-electron chi connectivity index (χ0n) is 13.8. The van der Waals surface area contributed by atoms with Gasteiger partial charge in [0.15, 0.2) is 0 Å². The normalized spacial score (nSPS) is 18.3. The molecule has 1 N–H and O–H groups in total. The van der Waals surface area contributed by atoms with E-state index in [9.17, 15) is 9.18 Å². The van der Waals surface area contributed by atoms with Gasteiger partial charge in [-0.1, -0.05) is 31.5 Å². The van der Waals surface area contributed by atoms with E-state index in [-0.39, 0.29) is 29.6 Å². The quantitative estimate of drug-likeness (QED) is 0.913. The zero-order valence-corrected chi connectivity index (χ0v) is 14.6. The first kappa shape index (κ1) is 17.0. The summed E-state index contributed by atoms with van der Waals surface area (Å²) in [6, 6.07) is 4.21. The number of carbonyl (C=O) groups is 1. The maximum atomic E-state index is 14.3. The molecular formula is C18H21ClFN3O. The molecule has 4 nitrogen and oxygen atoms in total. The SMILES string of the molecule is CC(C)[C@@H](NC(=O)[C@H]1CCn2ccnc2C1)c1ccc(Cl)cc1F. The molecule has 1 aromatic carbocycles. The summed E-state index contributed by atoms with van der Waals surface area (Å²) in [5.41, 5.74) is 0.472. The highest BCUT2D eigenvalue weighted by atomic mass is 35.5. The molecule has 6 heteroatoms. The Balaban J connectivity index is 1.75. The van der Waals surface area contributed by atoms with Crippen LogP contribution in [0.2, 0.25) is 5.02 Å². The van der Waals surface area contributed by atoms with Crippen molar-refractivity contribution in [2.24, 2.45) is 11.8 Å². The third-order valence-corrected chi connectivity index (χ3v) is 4.82. The van der Waals surface area contributed by atoms with Gasteiger partial charge in [0.25, 0.3) is 0 Å². The first-order valence-corrected chi connectivity index (χ1v) is 8.59. The van der Waals surface area contributed by atoms with Crippen LogP contribution in [0.3, 0.4) is 0 Å². The van der Waals surface area contributed by atoms with E-state index in [0.717, 1.165) is 18.8 Å². The van der Waals surface area contributed by atoms with E-state index in [2.05, 4.69) is 14.9 Å². The van der Waals surface area contributed by atoms with Crippen LogP contribution in [0.15, 0.2) is 30.6 Å². The molecule has 1 aromatic heterocycles. The third kappa shape index (κ3) is 3.46. The van der Waals surface area contributed by atoms with Gasteiger partial charge in [-0.15, -0.1) is 0 Å². The van der Waals surface area contributed by atoms with Crippen LogP contribution >= 0.6 is 11.6 Å². The fourth-order valence-electron chi connectivity index (χ4n) is 3.20. The van der Waals surface area contributed by atoms with Gasteiger partial charge in [-0.2, -0.15) is 0 Å². The van der Waals surface area contributed by atoms with Gasteiger partial charge < -0.3 is 9.88 Å². The lowest BCUT2D eigenvalue weighted by atomic mass is 9.92. The van der Waals surface area contributed by atoms with Gasteiger partial charge in [-0.25, -0.2) is 9.37 Å². The summed E-state index contributed by atoms with van der Waals surface area (Å²) >= 11 is 5.83. The molecule has 1 aliphatic heterocycles. The van der Waals surface area contributed by atoms with Crippen molar-refractivity contribution in [3.05, 3.63) is 52.8 Å². The van der Waals surface area contributed by atoms with Gasteiger partial charge in [0, 0.05) is 41.9 Å². The number of nitrogens with zero attached hydrogens (tertiary/aromatic N) is 2. The number of rotatable bonds is 4. The molecule has 0 unspecified atom stereocenters. The molecule has 0 aliphatic carbocycles. The average Bonchev–Trinajstić information content (AvgIpc) is 3.00. The Kier molecular flexibility index (Phi) is 4.90. The minimum atomic E-state index is -0.388. The number of halogens is 2. The van der Waals surface area contributed by atoms with Gasteiger partial charge in [0.1, 0.15) is 11.6 Å². The number of nitrogens with one attached hydrogen (secondary N) is 1. The summed E-state index contributed by atoms with van der Waals surface area (Å²) in [4.78, 5) is 17.0. The molecule has 1 amide bonds. The molecule has 1 aliphatic rings. The highest BCUT2D eigenvalue weighted by Crippen LogP contribution is 2.28. The molecule has 0 fully saturated rings. The molecule has 0 spiro atoms. The number of fused-ring (bicyclic) bond motifs is 1. The molecule has 0 saturated heterocycles. The number of hydrogen-bond donors (Lipinski definition) is 1. The van der Waals surface area contributed by atoms with E-state index >= 15 is 0 Å². The van der Waals surface area contributed by atoms with Crippen LogP contribution < -0.4 is 5.32 Å². The van der Waals surface area contributed by atoms with Crippen LogP contribution in [-0.4, -0.2) is 15.5 Å². The van der Waals surface area contributed by atoms with Gasteiger partial charge in [-0.05, 0) is 24.5 Å². The maximum absolute atomic E-state index is 14.3. The Labute approximate surface area is 146 Å². The van der Waals surface area contributed by atoms with E-state index in [1.54, 1.807) is 18.3 Å². The molecule has 0 bridgehead atoms.